The highest BCUT2D eigenvalue weighted by atomic mass is 15.2. The van der Waals surface area contributed by atoms with Gasteiger partial charge < -0.3 is 5.73 Å². The predicted octanol–water partition coefficient (Wildman–Crippen LogP) is 0.461. The Morgan fingerprint density at radius 3 is 2.70 bits per heavy atom. The van der Waals surface area contributed by atoms with Crippen molar-refractivity contribution in [3.63, 3.8) is 0 Å². The van der Waals surface area contributed by atoms with Crippen molar-refractivity contribution in [1.82, 2.24) is 15.2 Å². The molecule has 0 saturated heterocycles. The van der Waals surface area contributed by atoms with Crippen LogP contribution < -0.4 is 5.73 Å². The largest absolute Gasteiger partial charge is 0.321 e. The van der Waals surface area contributed by atoms with Crippen LogP contribution in [-0.2, 0) is 0 Å². The minimum atomic E-state index is -0.0255. The van der Waals surface area contributed by atoms with Crippen LogP contribution in [0.5, 0.6) is 0 Å². The quantitative estimate of drug-likeness (QED) is 0.627. The Labute approximate surface area is 59.8 Å². The summed E-state index contributed by atoms with van der Waals surface area (Å²) in [5.41, 5.74) is 5.75. The molecule has 0 saturated carbocycles. The first-order valence-electron chi connectivity index (χ1n) is 3.32. The zero-order chi connectivity index (χ0) is 7.56. The van der Waals surface area contributed by atoms with Gasteiger partial charge in [-0.3, -0.25) is 5.10 Å². The molecular formula is C6H12N4. The summed E-state index contributed by atoms with van der Waals surface area (Å²) in [4.78, 5) is 3.95. The van der Waals surface area contributed by atoms with Crippen molar-refractivity contribution in [1.29, 1.82) is 0 Å². The van der Waals surface area contributed by atoms with Crippen LogP contribution in [0.1, 0.15) is 25.7 Å². The second-order valence-corrected chi connectivity index (χ2v) is 2.64. The Morgan fingerprint density at radius 1 is 1.60 bits per heavy atom. The van der Waals surface area contributed by atoms with Crippen LogP contribution >= 0.6 is 0 Å². The smallest absolute Gasteiger partial charge is 0.141 e. The van der Waals surface area contributed by atoms with Gasteiger partial charge in [-0.25, -0.2) is 4.98 Å². The molecule has 56 valence electrons. The number of aromatic amines is 1. The summed E-state index contributed by atoms with van der Waals surface area (Å²) in [6.07, 6.45) is 1.47. The lowest BCUT2D eigenvalue weighted by Gasteiger charge is -2.10. The van der Waals surface area contributed by atoms with Crippen molar-refractivity contribution in [3.05, 3.63) is 12.2 Å². The summed E-state index contributed by atoms with van der Waals surface area (Å²) in [5.74, 6) is 1.16. The summed E-state index contributed by atoms with van der Waals surface area (Å²) in [6.45, 7) is 4.10. The molecule has 1 heterocycles. The number of nitrogens with zero attached hydrogens (tertiary/aromatic N) is 2. The van der Waals surface area contributed by atoms with E-state index < -0.39 is 0 Å². The molecule has 0 aromatic carbocycles. The van der Waals surface area contributed by atoms with Crippen molar-refractivity contribution >= 4 is 0 Å². The van der Waals surface area contributed by atoms with Crippen LogP contribution in [0.25, 0.3) is 0 Å². The summed E-state index contributed by atoms with van der Waals surface area (Å²) in [7, 11) is 0. The van der Waals surface area contributed by atoms with E-state index >= 15 is 0 Å². The van der Waals surface area contributed by atoms with E-state index in [-0.39, 0.29) is 6.04 Å². The fourth-order valence-corrected chi connectivity index (χ4v) is 0.691. The van der Waals surface area contributed by atoms with Gasteiger partial charge >= 0.3 is 0 Å². The molecule has 0 aliphatic carbocycles. The standard InChI is InChI=1S/C6H12N4/c1-4(2)5(7)6-8-3-9-10-6/h3-5H,7H2,1-2H3,(H,8,9,10)/t5-/m0/s1. The molecule has 1 aromatic heterocycles. The van der Waals surface area contributed by atoms with E-state index in [0.717, 1.165) is 5.82 Å². The van der Waals surface area contributed by atoms with Crippen LogP contribution in [0.3, 0.4) is 0 Å². The second-order valence-electron chi connectivity index (χ2n) is 2.64. The molecule has 1 aromatic rings. The summed E-state index contributed by atoms with van der Waals surface area (Å²) in [6, 6.07) is -0.0255. The van der Waals surface area contributed by atoms with Gasteiger partial charge in [0.15, 0.2) is 0 Å². The number of hydrogen-bond donors (Lipinski definition) is 2. The molecule has 0 unspecified atom stereocenters. The minimum absolute atomic E-state index is 0.0255. The van der Waals surface area contributed by atoms with E-state index in [1.54, 1.807) is 0 Å². The first-order valence-corrected chi connectivity index (χ1v) is 3.32. The Bertz CT molecular complexity index is 180. The van der Waals surface area contributed by atoms with Gasteiger partial charge in [0, 0.05) is 0 Å². The van der Waals surface area contributed by atoms with E-state index in [0.29, 0.717) is 5.92 Å². The van der Waals surface area contributed by atoms with E-state index in [4.69, 9.17) is 5.73 Å². The zero-order valence-electron chi connectivity index (χ0n) is 6.20. The number of H-pyrrole nitrogens is 1. The Kier molecular flexibility index (Phi) is 2.01. The SMILES string of the molecule is CC(C)[C@H](N)c1ncn[nH]1. The van der Waals surface area contributed by atoms with Gasteiger partial charge in [0.05, 0.1) is 6.04 Å². The van der Waals surface area contributed by atoms with Gasteiger partial charge in [0.25, 0.3) is 0 Å². The van der Waals surface area contributed by atoms with Gasteiger partial charge in [0.1, 0.15) is 12.2 Å². The Balaban J connectivity index is 2.68. The molecule has 1 rings (SSSR count). The molecule has 0 fully saturated rings. The third-order valence-electron chi connectivity index (χ3n) is 1.47. The predicted molar refractivity (Wildman–Crippen MR) is 38.1 cm³/mol. The van der Waals surface area contributed by atoms with Gasteiger partial charge in [-0.15, -0.1) is 0 Å². The first kappa shape index (κ1) is 7.21. The number of nitrogens with one attached hydrogen (secondary N) is 1. The molecular weight excluding hydrogens is 128 g/mol. The first-order chi connectivity index (χ1) is 4.72. The normalized spacial score (nSPS) is 14.0. The topological polar surface area (TPSA) is 67.6 Å². The molecule has 0 aliphatic heterocycles. The highest BCUT2D eigenvalue weighted by molar-refractivity contribution is 4.90. The molecule has 0 radical (unpaired) electrons. The molecule has 1 atom stereocenters. The maximum absolute atomic E-state index is 5.75. The molecule has 0 aliphatic rings. The zero-order valence-corrected chi connectivity index (χ0v) is 6.20. The Hall–Kier alpha value is -0.900. The van der Waals surface area contributed by atoms with Gasteiger partial charge in [0.2, 0.25) is 0 Å². The highest BCUT2D eigenvalue weighted by Gasteiger charge is 2.11. The maximum atomic E-state index is 5.75. The summed E-state index contributed by atoms with van der Waals surface area (Å²) < 4.78 is 0. The average Bonchev–Trinajstić information content (AvgIpc) is 2.36. The van der Waals surface area contributed by atoms with Crippen molar-refractivity contribution < 1.29 is 0 Å². The third kappa shape index (κ3) is 1.33. The summed E-state index contributed by atoms with van der Waals surface area (Å²) in [5, 5.41) is 6.44. The van der Waals surface area contributed by atoms with E-state index in [1.807, 2.05) is 13.8 Å². The second kappa shape index (κ2) is 2.79. The molecule has 3 N–H and O–H groups in total. The van der Waals surface area contributed by atoms with Crippen molar-refractivity contribution in [2.75, 3.05) is 0 Å². The van der Waals surface area contributed by atoms with E-state index in [1.165, 1.54) is 6.33 Å². The third-order valence-corrected chi connectivity index (χ3v) is 1.47. The molecule has 0 bridgehead atoms. The Morgan fingerprint density at radius 2 is 2.30 bits per heavy atom. The monoisotopic (exact) mass is 140 g/mol. The lowest BCUT2D eigenvalue weighted by Crippen LogP contribution is -2.18. The minimum Gasteiger partial charge on any atom is -0.321 e. The van der Waals surface area contributed by atoms with E-state index in [2.05, 4.69) is 15.2 Å². The van der Waals surface area contributed by atoms with Crippen LogP contribution in [0.2, 0.25) is 0 Å². The lowest BCUT2D eigenvalue weighted by molar-refractivity contribution is 0.492. The molecule has 4 heteroatoms. The molecule has 10 heavy (non-hydrogen) atoms. The van der Waals surface area contributed by atoms with Crippen LogP contribution in [0.4, 0.5) is 0 Å². The fourth-order valence-electron chi connectivity index (χ4n) is 0.691. The van der Waals surface area contributed by atoms with Gasteiger partial charge in [-0.1, -0.05) is 13.8 Å². The van der Waals surface area contributed by atoms with E-state index in [9.17, 15) is 0 Å². The molecule has 0 amide bonds. The number of nitrogens with two attached hydrogens (primary N) is 1. The van der Waals surface area contributed by atoms with Gasteiger partial charge in [-0.05, 0) is 5.92 Å². The van der Waals surface area contributed by atoms with Crippen molar-refractivity contribution in [2.24, 2.45) is 11.7 Å². The van der Waals surface area contributed by atoms with Crippen molar-refractivity contribution in [3.8, 4) is 0 Å². The lowest BCUT2D eigenvalue weighted by atomic mass is 10.1. The van der Waals surface area contributed by atoms with Gasteiger partial charge in [-0.2, -0.15) is 5.10 Å². The highest BCUT2D eigenvalue weighted by Crippen LogP contribution is 2.12. The summed E-state index contributed by atoms with van der Waals surface area (Å²) >= 11 is 0. The average molecular weight is 140 g/mol. The number of rotatable bonds is 2. The molecule has 4 nitrogen and oxygen atoms in total. The number of aromatic nitrogens is 3. The number of hydrogen-bond acceptors (Lipinski definition) is 3. The maximum Gasteiger partial charge on any atom is 0.141 e. The van der Waals surface area contributed by atoms with Crippen molar-refractivity contribution in [2.45, 2.75) is 19.9 Å². The van der Waals surface area contributed by atoms with Crippen LogP contribution in [0, 0.1) is 5.92 Å². The molecule has 0 spiro atoms. The van der Waals surface area contributed by atoms with Crippen LogP contribution in [0.15, 0.2) is 6.33 Å². The fraction of sp³-hybridized carbons (Fsp3) is 0.667. The van der Waals surface area contributed by atoms with Crippen LogP contribution in [-0.4, -0.2) is 15.2 Å².